The van der Waals surface area contributed by atoms with Gasteiger partial charge in [-0.15, -0.1) is 0 Å². The van der Waals surface area contributed by atoms with Gasteiger partial charge in [0, 0.05) is 0 Å². The van der Waals surface area contributed by atoms with Crippen molar-refractivity contribution in [1.82, 2.24) is 0 Å². The molecule has 0 aromatic carbocycles. The Morgan fingerprint density at radius 3 is 1.62 bits per heavy atom. The van der Waals surface area contributed by atoms with E-state index in [1.54, 1.807) is 0 Å². The Morgan fingerprint density at radius 2 is 1.19 bits per heavy atom. The third-order valence-electron chi connectivity index (χ3n) is 2.88. The SMILES string of the molecule is CCCCCCCCCCCCCOSO. The molecule has 0 amide bonds. The van der Waals surface area contributed by atoms with E-state index < -0.39 is 0 Å². The molecule has 0 heterocycles. The first-order chi connectivity index (χ1) is 7.91. The highest BCUT2D eigenvalue weighted by atomic mass is 32.2. The molecule has 0 aromatic rings. The lowest BCUT2D eigenvalue weighted by atomic mass is 10.1. The van der Waals surface area contributed by atoms with Crippen LogP contribution in [0.1, 0.15) is 77.6 Å². The molecule has 0 atom stereocenters. The number of hydrogen-bond donors (Lipinski definition) is 1. The van der Waals surface area contributed by atoms with Crippen LogP contribution in [0.5, 0.6) is 0 Å². The van der Waals surface area contributed by atoms with E-state index in [1.807, 2.05) is 0 Å². The molecule has 1 N–H and O–H groups in total. The Balaban J connectivity index is 2.83. The van der Waals surface area contributed by atoms with Gasteiger partial charge in [-0.25, -0.2) is 0 Å². The minimum absolute atomic E-state index is 0.483. The Kier molecular flexibility index (Phi) is 15.5. The van der Waals surface area contributed by atoms with E-state index in [2.05, 4.69) is 6.92 Å². The first-order valence-electron chi connectivity index (χ1n) is 6.85. The van der Waals surface area contributed by atoms with E-state index >= 15 is 0 Å². The fourth-order valence-corrected chi connectivity index (χ4v) is 2.05. The molecule has 0 rings (SSSR count). The molecular formula is C13H28O2S. The summed E-state index contributed by atoms with van der Waals surface area (Å²) in [4.78, 5) is 0. The average Bonchev–Trinajstić information content (AvgIpc) is 2.31. The Morgan fingerprint density at radius 1 is 0.750 bits per heavy atom. The predicted molar refractivity (Wildman–Crippen MR) is 72.6 cm³/mol. The summed E-state index contributed by atoms with van der Waals surface area (Å²) < 4.78 is 13.1. The smallest absolute Gasteiger partial charge is 0.155 e. The van der Waals surface area contributed by atoms with Crippen molar-refractivity contribution in [3.63, 3.8) is 0 Å². The van der Waals surface area contributed by atoms with Crippen molar-refractivity contribution in [3.8, 4) is 0 Å². The molecule has 0 aliphatic rings. The summed E-state index contributed by atoms with van der Waals surface area (Å²) in [5.41, 5.74) is 0. The van der Waals surface area contributed by atoms with Crippen LogP contribution in [-0.4, -0.2) is 11.2 Å². The molecule has 3 heteroatoms. The van der Waals surface area contributed by atoms with E-state index in [1.165, 1.54) is 64.2 Å². The van der Waals surface area contributed by atoms with E-state index in [0.717, 1.165) is 6.42 Å². The van der Waals surface area contributed by atoms with Crippen LogP contribution in [0.3, 0.4) is 0 Å². The van der Waals surface area contributed by atoms with E-state index in [0.29, 0.717) is 18.9 Å². The van der Waals surface area contributed by atoms with Crippen molar-refractivity contribution in [3.05, 3.63) is 0 Å². The Bertz CT molecular complexity index is 107. The van der Waals surface area contributed by atoms with Crippen molar-refractivity contribution in [1.29, 1.82) is 0 Å². The second-order valence-corrected chi connectivity index (χ2v) is 4.82. The zero-order chi connectivity index (χ0) is 11.9. The molecule has 0 bridgehead atoms. The van der Waals surface area contributed by atoms with Gasteiger partial charge in [0.1, 0.15) is 0 Å². The van der Waals surface area contributed by atoms with Gasteiger partial charge in [-0.3, -0.25) is 4.18 Å². The maximum absolute atomic E-state index is 8.32. The summed E-state index contributed by atoms with van der Waals surface area (Å²) in [5.74, 6) is 0. The topological polar surface area (TPSA) is 29.5 Å². The van der Waals surface area contributed by atoms with Crippen molar-refractivity contribution >= 4 is 12.3 Å². The standard InChI is InChI=1S/C13H28O2S/c1-2-3-4-5-6-7-8-9-10-11-12-13-15-16-14/h14H,2-13H2,1H3. The van der Waals surface area contributed by atoms with Crippen LogP contribution in [0, 0.1) is 0 Å². The lowest BCUT2D eigenvalue weighted by molar-refractivity contribution is 0.329. The fourth-order valence-electron chi connectivity index (χ4n) is 1.86. The first-order valence-corrected chi connectivity index (χ1v) is 7.54. The van der Waals surface area contributed by atoms with Gasteiger partial charge in [-0.1, -0.05) is 71.1 Å². The first kappa shape index (κ1) is 16.3. The second kappa shape index (κ2) is 15.3. The van der Waals surface area contributed by atoms with Gasteiger partial charge in [0.25, 0.3) is 0 Å². The molecule has 0 saturated heterocycles. The largest absolute Gasteiger partial charge is 0.307 e. The van der Waals surface area contributed by atoms with Gasteiger partial charge in [0.05, 0.1) is 6.61 Å². The van der Waals surface area contributed by atoms with E-state index in [4.69, 9.17) is 8.74 Å². The van der Waals surface area contributed by atoms with Crippen LogP contribution in [-0.2, 0) is 4.18 Å². The number of rotatable bonds is 13. The van der Waals surface area contributed by atoms with Crippen LogP contribution < -0.4 is 0 Å². The highest BCUT2D eigenvalue weighted by Gasteiger charge is 1.93. The number of hydrogen-bond acceptors (Lipinski definition) is 3. The molecule has 0 fully saturated rings. The van der Waals surface area contributed by atoms with Gasteiger partial charge in [-0.2, -0.15) is 0 Å². The van der Waals surface area contributed by atoms with Crippen molar-refractivity contribution in [2.45, 2.75) is 77.6 Å². The molecule has 0 aliphatic heterocycles. The average molecular weight is 248 g/mol. The third-order valence-corrected chi connectivity index (χ3v) is 3.16. The van der Waals surface area contributed by atoms with E-state index in [-0.39, 0.29) is 0 Å². The summed E-state index contributed by atoms with van der Waals surface area (Å²) in [7, 11) is 0. The summed E-state index contributed by atoms with van der Waals surface area (Å²) in [6, 6.07) is 0. The molecule has 2 nitrogen and oxygen atoms in total. The molecule has 98 valence electrons. The third kappa shape index (κ3) is 14.3. The van der Waals surface area contributed by atoms with Crippen LogP contribution in [0.25, 0.3) is 0 Å². The maximum Gasteiger partial charge on any atom is 0.155 e. The normalized spacial score (nSPS) is 10.9. The fraction of sp³-hybridized carbons (Fsp3) is 1.00. The summed E-state index contributed by atoms with van der Waals surface area (Å²) >= 11 is 0.483. The van der Waals surface area contributed by atoms with Gasteiger partial charge < -0.3 is 4.55 Å². The minimum Gasteiger partial charge on any atom is -0.307 e. The van der Waals surface area contributed by atoms with Crippen molar-refractivity contribution < 1.29 is 8.74 Å². The molecule has 0 aliphatic carbocycles. The minimum atomic E-state index is 0.483. The molecule has 0 aromatic heterocycles. The van der Waals surface area contributed by atoms with Crippen LogP contribution >= 0.6 is 12.3 Å². The molecule has 0 unspecified atom stereocenters. The lowest BCUT2D eigenvalue weighted by Crippen LogP contribution is -1.87. The second-order valence-electron chi connectivity index (χ2n) is 4.43. The summed E-state index contributed by atoms with van der Waals surface area (Å²) in [6.07, 6.45) is 14.8. The number of unbranched alkanes of at least 4 members (excludes halogenated alkanes) is 10. The lowest BCUT2D eigenvalue weighted by Gasteiger charge is -2.02. The van der Waals surface area contributed by atoms with Crippen LogP contribution in [0.15, 0.2) is 0 Å². The van der Waals surface area contributed by atoms with Gasteiger partial charge >= 0.3 is 0 Å². The molecule has 0 radical (unpaired) electrons. The zero-order valence-corrected chi connectivity index (χ0v) is 11.6. The highest BCUT2D eigenvalue weighted by molar-refractivity contribution is 7.88. The van der Waals surface area contributed by atoms with E-state index in [9.17, 15) is 0 Å². The van der Waals surface area contributed by atoms with Gasteiger partial charge in [0.15, 0.2) is 12.3 Å². The van der Waals surface area contributed by atoms with Crippen LogP contribution in [0.4, 0.5) is 0 Å². The predicted octanol–water partition coefficient (Wildman–Crippen LogP) is 5.44. The highest BCUT2D eigenvalue weighted by Crippen LogP contribution is 2.11. The Labute approximate surface area is 106 Å². The van der Waals surface area contributed by atoms with Crippen LogP contribution in [0.2, 0.25) is 0 Å². The van der Waals surface area contributed by atoms with Gasteiger partial charge in [0.2, 0.25) is 0 Å². The van der Waals surface area contributed by atoms with Crippen molar-refractivity contribution in [2.75, 3.05) is 6.61 Å². The summed E-state index contributed by atoms with van der Waals surface area (Å²) in [6.45, 7) is 2.94. The summed E-state index contributed by atoms with van der Waals surface area (Å²) in [5, 5.41) is 0. The molecule has 0 saturated carbocycles. The molecular weight excluding hydrogens is 220 g/mol. The maximum atomic E-state index is 8.32. The molecule has 0 spiro atoms. The monoisotopic (exact) mass is 248 g/mol. The molecule has 16 heavy (non-hydrogen) atoms. The van der Waals surface area contributed by atoms with Gasteiger partial charge in [-0.05, 0) is 6.42 Å². The van der Waals surface area contributed by atoms with Crippen molar-refractivity contribution in [2.24, 2.45) is 0 Å². The zero-order valence-electron chi connectivity index (χ0n) is 10.7. The quantitative estimate of drug-likeness (QED) is 0.348. The Hall–Kier alpha value is 0.270.